The number of aromatic nitrogens is 1. The number of ether oxygens (including phenoxy) is 1. The minimum Gasteiger partial charge on any atom is -0.497 e. The maximum absolute atomic E-state index is 11.9. The minimum absolute atomic E-state index is 0.0131. The number of benzene rings is 1. The van der Waals surface area contributed by atoms with E-state index in [4.69, 9.17) is 4.74 Å². The Hall–Kier alpha value is -1.81. The monoisotopic (exact) mass is 244 g/mol. The Bertz CT molecular complexity index is 629. The second kappa shape index (κ2) is 4.46. The predicted octanol–water partition coefficient (Wildman–Crippen LogP) is 1.79. The zero-order chi connectivity index (χ0) is 12.5. The molecule has 0 amide bonds. The van der Waals surface area contributed by atoms with Gasteiger partial charge in [-0.2, -0.15) is 0 Å². The quantitative estimate of drug-likeness (QED) is 0.862. The zero-order valence-corrected chi connectivity index (χ0v) is 10.3. The van der Waals surface area contributed by atoms with Gasteiger partial charge in [0, 0.05) is 29.1 Å². The third kappa shape index (κ3) is 2.24. The van der Waals surface area contributed by atoms with Crippen LogP contribution >= 0.6 is 0 Å². The fourth-order valence-corrected chi connectivity index (χ4v) is 2.03. The Morgan fingerprint density at radius 1 is 1.39 bits per heavy atom. The highest BCUT2D eigenvalue weighted by atomic mass is 16.5. The van der Waals surface area contributed by atoms with E-state index in [1.807, 2.05) is 24.3 Å². The maximum atomic E-state index is 11.9. The summed E-state index contributed by atoms with van der Waals surface area (Å²) in [5.41, 5.74) is 1.61. The van der Waals surface area contributed by atoms with Crippen molar-refractivity contribution in [2.24, 2.45) is 0 Å². The van der Waals surface area contributed by atoms with Gasteiger partial charge in [0.05, 0.1) is 7.11 Å². The maximum Gasteiger partial charge on any atom is 0.252 e. The van der Waals surface area contributed by atoms with E-state index in [-0.39, 0.29) is 5.56 Å². The van der Waals surface area contributed by atoms with Gasteiger partial charge >= 0.3 is 0 Å². The summed E-state index contributed by atoms with van der Waals surface area (Å²) in [5, 5.41) is 4.36. The molecule has 2 N–H and O–H groups in total. The lowest BCUT2D eigenvalue weighted by Crippen LogP contribution is -2.22. The highest BCUT2D eigenvalue weighted by Gasteiger charge is 2.20. The van der Waals surface area contributed by atoms with Gasteiger partial charge in [-0.25, -0.2) is 0 Å². The van der Waals surface area contributed by atoms with Crippen molar-refractivity contribution in [2.45, 2.75) is 25.4 Å². The van der Waals surface area contributed by atoms with Crippen LogP contribution in [0.25, 0.3) is 10.9 Å². The van der Waals surface area contributed by atoms with Gasteiger partial charge in [-0.05, 0) is 37.1 Å². The molecule has 1 aliphatic rings. The smallest absolute Gasteiger partial charge is 0.252 e. The van der Waals surface area contributed by atoms with Crippen LogP contribution in [-0.4, -0.2) is 18.1 Å². The Morgan fingerprint density at radius 2 is 2.22 bits per heavy atom. The van der Waals surface area contributed by atoms with Crippen molar-refractivity contribution in [3.05, 3.63) is 40.2 Å². The molecule has 2 aromatic rings. The normalized spacial score (nSPS) is 14.9. The number of aromatic amines is 1. The van der Waals surface area contributed by atoms with Gasteiger partial charge in [-0.1, -0.05) is 0 Å². The molecule has 1 aliphatic carbocycles. The highest BCUT2D eigenvalue weighted by Crippen LogP contribution is 2.20. The average Bonchev–Trinajstić information content (AvgIpc) is 3.20. The van der Waals surface area contributed by atoms with Crippen molar-refractivity contribution in [1.82, 2.24) is 10.3 Å². The molecule has 0 unspecified atom stereocenters. The second-order valence-electron chi connectivity index (χ2n) is 4.73. The number of methoxy groups -OCH3 is 1. The molecule has 0 spiro atoms. The molecule has 18 heavy (non-hydrogen) atoms. The molecule has 0 atom stereocenters. The van der Waals surface area contributed by atoms with Gasteiger partial charge < -0.3 is 15.0 Å². The van der Waals surface area contributed by atoms with E-state index in [9.17, 15) is 4.79 Å². The lowest BCUT2D eigenvalue weighted by atomic mass is 10.1. The van der Waals surface area contributed by atoms with E-state index in [1.165, 1.54) is 12.8 Å². The molecule has 94 valence electrons. The molecule has 4 nitrogen and oxygen atoms in total. The van der Waals surface area contributed by atoms with E-state index in [2.05, 4.69) is 10.3 Å². The summed E-state index contributed by atoms with van der Waals surface area (Å²) in [6, 6.07) is 8.19. The average molecular weight is 244 g/mol. The largest absolute Gasteiger partial charge is 0.497 e. The van der Waals surface area contributed by atoms with Gasteiger partial charge in [-0.15, -0.1) is 0 Å². The van der Waals surface area contributed by atoms with E-state index in [0.29, 0.717) is 12.6 Å². The van der Waals surface area contributed by atoms with Crippen LogP contribution in [-0.2, 0) is 6.54 Å². The Morgan fingerprint density at radius 3 is 2.94 bits per heavy atom. The van der Waals surface area contributed by atoms with Crippen LogP contribution in [0.2, 0.25) is 0 Å². The van der Waals surface area contributed by atoms with Crippen LogP contribution in [0.4, 0.5) is 0 Å². The first-order chi connectivity index (χ1) is 8.76. The molecule has 4 heteroatoms. The Balaban J connectivity index is 1.97. The van der Waals surface area contributed by atoms with E-state index >= 15 is 0 Å². The standard InChI is InChI=1S/C14H16N2O2/c1-18-12-4-5-13-9(7-12)6-10(14(17)16-13)8-15-11-2-3-11/h4-7,11,15H,2-3,8H2,1H3,(H,16,17). The number of hydrogen-bond donors (Lipinski definition) is 2. The number of H-pyrrole nitrogens is 1. The van der Waals surface area contributed by atoms with Crippen LogP contribution in [0, 0.1) is 0 Å². The first kappa shape index (κ1) is 11.3. The van der Waals surface area contributed by atoms with E-state index < -0.39 is 0 Å². The minimum atomic E-state index is -0.0131. The third-order valence-electron chi connectivity index (χ3n) is 3.29. The second-order valence-corrected chi connectivity index (χ2v) is 4.73. The van der Waals surface area contributed by atoms with E-state index in [1.54, 1.807) is 7.11 Å². The Labute approximate surface area is 105 Å². The van der Waals surface area contributed by atoms with Crippen LogP contribution < -0.4 is 15.6 Å². The lowest BCUT2D eigenvalue weighted by Gasteiger charge is -2.06. The van der Waals surface area contributed by atoms with Gasteiger partial charge in [0.1, 0.15) is 5.75 Å². The molecule has 0 bridgehead atoms. The summed E-state index contributed by atoms with van der Waals surface area (Å²) >= 11 is 0. The number of nitrogens with one attached hydrogen (secondary N) is 2. The molecule has 1 aromatic carbocycles. The zero-order valence-electron chi connectivity index (χ0n) is 10.3. The first-order valence-electron chi connectivity index (χ1n) is 6.19. The number of fused-ring (bicyclic) bond motifs is 1. The molecule has 3 rings (SSSR count). The van der Waals surface area contributed by atoms with Crippen molar-refractivity contribution in [3.63, 3.8) is 0 Å². The molecule has 1 saturated carbocycles. The Kier molecular flexibility index (Phi) is 2.80. The van der Waals surface area contributed by atoms with Gasteiger partial charge in [0.2, 0.25) is 0 Å². The third-order valence-corrected chi connectivity index (χ3v) is 3.29. The topological polar surface area (TPSA) is 54.1 Å². The summed E-state index contributed by atoms with van der Waals surface area (Å²) in [6.45, 7) is 0.632. The predicted molar refractivity (Wildman–Crippen MR) is 71.0 cm³/mol. The summed E-state index contributed by atoms with van der Waals surface area (Å²) in [6.07, 6.45) is 2.44. The summed E-state index contributed by atoms with van der Waals surface area (Å²) in [7, 11) is 1.64. The van der Waals surface area contributed by atoms with Crippen LogP contribution in [0.1, 0.15) is 18.4 Å². The van der Waals surface area contributed by atoms with Crippen LogP contribution in [0.15, 0.2) is 29.1 Å². The molecule has 0 saturated heterocycles. The van der Waals surface area contributed by atoms with Gasteiger partial charge in [0.15, 0.2) is 0 Å². The van der Waals surface area contributed by atoms with Crippen molar-refractivity contribution < 1.29 is 4.74 Å². The summed E-state index contributed by atoms with van der Waals surface area (Å²) in [4.78, 5) is 14.8. The molecule has 0 radical (unpaired) electrons. The lowest BCUT2D eigenvalue weighted by molar-refractivity contribution is 0.415. The number of hydrogen-bond acceptors (Lipinski definition) is 3. The molecular weight excluding hydrogens is 228 g/mol. The molecule has 1 fully saturated rings. The van der Waals surface area contributed by atoms with Crippen molar-refractivity contribution in [2.75, 3.05) is 7.11 Å². The van der Waals surface area contributed by atoms with Crippen molar-refractivity contribution >= 4 is 10.9 Å². The SMILES string of the molecule is COc1ccc2[nH]c(=O)c(CNC3CC3)cc2c1. The molecule has 0 aliphatic heterocycles. The van der Waals surface area contributed by atoms with Crippen molar-refractivity contribution in [1.29, 1.82) is 0 Å². The van der Waals surface area contributed by atoms with Crippen LogP contribution in [0.3, 0.4) is 0 Å². The van der Waals surface area contributed by atoms with Crippen molar-refractivity contribution in [3.8, 4) is 5.75 Å². The molecular formula is C14H16N2O2. The first-order valence-corrected chi connectivity index (χ1v) is 6.19. The number of pyridine rings is 1. The fourth-order valence-electron chi connectivity index (χ4n) is 2.03. The fraction of sp³-hybridized carbons (Fsp3) is 0.357. The molecule has 1 heterocycles. The van der Waals surface area contributed by atoms with Gasteiger partial charge in [0.25, 0.3) is 5.56 Å². The van der Waals surface area contributed by atoms with Crippen LogP contribution in [0.5, 0.6) is 5.75 Å². The molecule has 1 aromatic heterocycles. The summed E-state index contributed by atoms with van der Waals surface area (Å²) in [5.74, 6) is 0.802. The summed E-state index contributed by atoms with van der Waals surface area (Å²) < 4.78 is 5.19. The number of rotatable bonds is 4. The highest BCUT2D eigenvalue weighted by molar-refractivity contribution is 5.80. The van der Waals surface area contributed by atoms with Gasteiger partial charge in [-0.3, -0.25) is 4.79 Å². The van der Waals surface area contributed by atoms with E-state index in [0.717, 1.165) is 22.2 Å².